The molecule has 0 bridgehead atoms. The first-order valence-electron chi connectivity index (χ1n) is 31.7. The fourth-order valence-electron chi connectivity index (χ4n) is 11.5. The number of ether oxygens (including phenoxy) is 2. The SMILES string of the molecule is C.CC(C)(C)OC(=O)N1C[C@@H](C(=O)Nc2cccc(-c3cccnc3)c2)[C@H](c2ccccc2)C1.CC(C)(C)OC(=O)N1C[C@@H](C(=O)O)[C@H](c2ccccc2)C1.ClCCl.Nc1cccc(-c2cccnc2)c1.O=C(Nc1cccc(-c2cccnc2)c1)[C@@H]1CNC[C@H]1c1ccccc1. The number of rotatable bonds is 11. The number of likely N-dealkylation sites (tertiary alicyclic amines) is 2. The van der Waals surface area contributed by atoms with Crippen LogP contribution in [0.1, 0.15) is 83.4 Å². The zero-order valence-electron chi connectivity index (χ0n) is 54.8. The van der Waals surface area contributed by atoms with Crippen molar-refractivity contribution in [1.29, 1.82) is 0 Å². The Bertz CT molecular complexity index is 3930. The Morgan fingerprint density at radius 1 is 0.474 bits per heavy atom. The lowest BCUT2D eigenvalue weighted by atomic mass is 9.88. The summed E-state index contributed by atoms with van der Waals surface area (Å²) < 4.78 is 10.9. The summed E-state index contributed by atoms with van der Waals surface area (Å²) in [6.45, 7) is 13.7. The smallest absolute Gasteiger partial charge is 0.410 e. The van der Waals surface area contributed by atoms with Crippen molar-refractivity contribution in [2.75, 3.05) is 61.0 Å². The third kappa shape index (κ3) is 22.6. The Kier molecular flexibility index (Phi) is 27.8. The fourth-order valence-corrected chi connectivity index (χ4v) is 11.5. The highest BCUT2D eigenvalue weighted by atomic mass is 35.5. The van der Waals surface area contributed by atoms with Gasteiger partial charge in [-0.2, -0.15) is 0 Å². The van der Waals surface area contributed by atoms with Crippen molar-refractivity contribution in [2.45, 2.75) is 77.9 Å². The highest BCUT2D eigenvalue weighted by molar-refractivity contribution is 6.40. The van der Waals surface area contributed by atoms with Gasteiger partial charge in [-0.15, -0.1) is 23.2 Å². The maximum Gasteiger partial charge on any atom is 0.410 e. The lowest BCUT2D eigenvalue weighted by Gasteiger charge is -2.24. The highest BCUT2D eigenvalue weighted by Crippen LogP contribution is 2.37. The minimum absolute atomic E-state index is 0. The van der Waals surface area contributed by atoms with Gasteiger partial charge in [0, 0.05) is 128 Å². The van der Waals surface area contributed by atoms with Crippen molar-refractivity contribution in [2.24, 2.45) is 17.8 Å². The van der Waals surface area contributed by atoms with Gasteiger partial charge in [-0.3, -0.25) is 29.3 Å². The Hall–Kier alpha value is -9.94. The minimum Gasteiger partial charge on any atom is -0.481 e. The van der Waals surface area contributed by atoms with Crippen LogP contribution in [0.15, 0.2) is 237 Å². The molecule has 0 aliphatic carbocycles. The first-order valence-corrected chi connectivity index (χ1v) is 32.8. The van der Waals surface area contributed by atoms with E-state index in [9.17, 15) is 29.1 Å². The van der Waals surface area contributed by atoms with Gasteiger partial charge < -0.3 is 46.1 Å². The number of aliphatic carboxylic acids is 1. The molecule has 0 radical (unpaired) electrons. The number of carbonyl (C=O) groups excluding carboxylic acids is 4. The number of carboxylic acid groups (broad SMARTS) is 1. The van der Waals surface area contributed by atoms with Crippen LogP contribution in [0.25, 0.3) is 33.4 Å². The molecule has 0 saturated carbocycles. The lowest BCUT2D eigenvalue weighted by Crippen LogP contribution is -2.36. The van der Waals surface area contributed by atoms with Crippen molar-refractivity contribution < 1.29 is 38.6 Å². The number of nitrogens with two attached hydrogens (primary N) is 1. The summed E-state index contributed by atoms with van der Waals surface area (Å²) in [7, 11) is 0. The molecule has 506 valence electrons. The maximum absolute atomic E-state index is 13.4. The maximum atomic E-state index is 13.4. The number of hydrogen-bond acceptors (Lipinski definition) is 12. The summed E-state index contributed by atoms with van der Waals surface area (Å²) in [4.78, 5) is 78.1. The number of nitrogens with zero attached hydrogens (tertiary/aromatic N) is 5. The van der Waals surface area contributed by atoms with Crippen LogP contribution in [-0.4, -0.2) is 116 Å². The van der Waals surface area contributed by atoms with Gasteiger partial charge in [0.15, 0.2) is 0 Å². The molecule has 3 aromatic heterocycles. The molecule has 6 atom stereocenters. The van der Waals surface area contributed by atoms with Gasteiger partial charge in [0.1, 0.15) is 11.2 Å². The number of alkyl halides is 2. The van der Waals surface area contributed by atoms with E-state index in [0.717, 1.165) is 62.4 Å². The number of nitrogens with one attached hydrogen (secondary N) is 3. The number of anilines is 3. The Morgan fingerprint density at radius 2 is 0.835 bits per heavy atom. The van der Waals surface area contributed by atoms with Gasteiger partial charge >= 0.3 is 18.2 Å². The van der Waals surface area contributed by atoms with Crippen LogP contribution in [-0.2, 0) is 23.9 Å². The third-order valence-corrected chi connectivity index (χ3v) is 16.0. The fraction of sp³-hybridized carbons (Fsp3) is 0.282. The molecule has 6 aromatic carbocycles. The van der Waals surface area contributed by atoms with Crippen LogP contribution in [0.5, 0.6) is 0 Å². The van der Waals surface area contributed by atoms with Gasteiger partial charge in [-0.05, 0) is 130 Å². The van der Waals surface area contributed by atoms with Crippen molar-refractivity contribution in [3.8, 4) is 33.4 Å². The van der Waals surface area contributed by atoms with Crippen LogP contribution < -0.4 is 21.7 Å². The lowest BCUT2D eigenvalue weighted by molar-refractivity contribution is -0.141. The van der Waals surface area contributed by atoms with Crippen molar-refractivity contribution in [3.63, 3.8) is 0 Å². The number of aromatic nitrogens is 3. The van der Waals surface area contributed by atoms with E-state index < -0.39 is 35.3 Å². The summed E-state index contributed by atoms with van der Waals surface area (Å²) in [5, 5.41) is 19.1. The number of pyridine rings is 3. The number of halogens is 2. The Labute approximate surface area is 579 Å². The van der Waals surface area contributed by atoms with E-state index in [2.05, 4.69) is 43.0 Å². The molecule has 4 amide bonds. The topological polar surface area (TPSA) is 231 Å². The molecular weight excluding hydrogens is 1260 g/mol. The number of carbonyl (C=O) groups is 5. The number of hydrogen-bond donors (Lipinski definition) is 5. The molecule has 17 nitrogen and oxygen atoms in total. The van der Waals surface area contributed by atoms with Gasteiger partial charge in [0.05, 0.1) is 23.1 Å². The third-order valence-electron chi connectivity index (χ3n) is 16.0. The summed E-state index contributed by atoms with van der Waals surface area (Å²) in [5.74, 6) is -2.09. The van der Waals surface area contributed by atoms with Gasteiger partial charge in [-0.25, -0.2) is 9.59 Å². The van der Waals surface area contributed by atoms with E-state index >= 15 is 0 Å². The van der Waals surface area contributed by atoms with Crippen LogP contribution in [0, 0.1) is 17.8 Å². The summed E-state index contributed by atoms with van der Waals surface area (Å²) in [6, 6.07) is 64.7. The number of amides is 4. The number of carboxylic acids is 1. The zero-order valence-corrected chi connectivity index (χ0v) is 56.3. The molecular formula is C78H87Cl2N9O8. The molecule has 12 rings (SSSR count). The van der Waals surface area contributed by atoms with Crippen molar-refractivity contribution >= 4 is 70.2 Å². The molecule has 3 saturated heterocycles. The van der Waals surface area contributed by atoms with Gasteiger partial charge in [0.25, 0.3) is 0 Å². The Morgan fingerprint density at radius 3 is 1.22 bits per heavy atom. The number of benzene rings is 6. The normalized spacial score (nSPS) is 17.6. The first kappa shape index (κ1) is 74.5. The van der Waals surface area contributed by atoms with E-state index in [0.29, 0.717) is 31.9 Å². The molecule has 6 heterocycles. The van der Waals surface area contributed by atoms with E-state index in [1.54, 1.807) is 50.5 Å². The molecule has 3 aliphatic heterocycles. The molecule has 9 aromatic rings. The van der Waals surface area contributed by atoms with Crippen molar-refractivity contribution in [1.82, 2.24) is 30.1 Å². The van der Waals surface area contributed by atoms with E-state index in [4.69, 9.17) is 38.4 Å². The molecule has 97 heavy (non-hydrogen) atoms. The Balaban J connectivity index is 0.000000186. The summed E-state index contributed by atoms with van der Waals surface area (Å²) in [5.41, 5.74) is 16.2. The largest absolute Gasteiger partial charge is 0.481 e. The van der Waals surface area contributed by atoms with E-state index in [1.165, 1.54) is 10.5 Å². The molecule has 19 heteroatoms. The summed E-state index contributed by atoms with van der Waals surface area (Å²) in [6.07, 6.45) is 9.85. The molecule has 6 N–H and O–H groups in total. The molecule has 0 spiro atoms. The molecule has 3 aliphatic rings. The van der Waals surface area contributed by atoms with Crippen LogP contribution >= 0.6 is 23.2 Å². The summed E-state index contributed by atoms with van der Waals surface area (Å²) >= 11 is 9.53. The monoisotopic (exact) mass is 1350 g/mol. The van der Waals surface area contributed by atoms with Crippen LogP contribution in [0.2, 0.25) is 0 Å². The second-order valence-electron chi connectivity index (χ2n) is 25.2. The second-order valence-corrected chi connectivity index (χ2v) is 26.0. The van der Waals surface area contributed by atoms with E-state index in [-0.39, 0.29) is 60.7 Å². The van der Waals surface area contributed by atoms with E-state index in [1.807, 2.05) is 221 Å². The minimum atomic E-state index is -0.880. The van der Waals surface area contributed by atoms with Gasteiger partial charge in [0.2, 0.25) is 11.8 Å². The standard InChI is InChI=1S/C27H29N3O3.C22H21N3O.C16H21NO4.C11H10N2.CH2Cl2.CH4/c1-27(2,3)33-26(32)30-17-23(19-9-5-4-6-10-19)24(18-30)25(31)29-22-13-7-11-20(15-22)21-12-8-14-28-16-21;26-22(21-15-24-14-20(21)16-6-2-1-3-7-16)25-19-10-4-8-17(12-19)18-9-5-11-23-13-18;1-16(2,3)21-15(20)17-9-12(13(10-17)14(18)19)11-7-5-4-6-8-11;12-11-5-1-3-9(7-11)10-4-2-6-13-8-10;2-1-3;/h4-16,23-24H,17-18H2,1-3H3,(H,29,31);1-13,20-21,24H,14-15H2,(H,25,26);4-8,12-13H,9-10H2,1-3H3,(H,18,19);1-8H,12H2;1H2;1H4/t23-,24+;20-,21+;12-,13+;;;/m000.../s1. The van der Waals surface area contributed by atoms with Gasteiger partial charge in [-0.1, -0.05) is 153 Å². The van der Waals surface area contributed by atoms with Crippen LogP contribution in [0.4, 0.5) is 26.7 Å². The second kappa shape index (κ2) is 36.3. The predicted molar refractivity (Wildman–Crippen MR) is 388 cm³/mol. The molecule has 3 fully saturated rings. The number of nitrogen functional groups attached to an aromatic ring is 1. The van der Waals surface area contributed by atoms with Crippen molar-refractivity contribution in [3.05, 3.63) is 254 Å². The average Bonchev–Trinajstić information content (AvgIpc) is 1.68. The zero-order chi connectivity index (χ0) is 68.6. The quantitative estimate of drug-likeness (QED) is 0.0600. The first-order chi connectivity index (χ1) is 46.2. The van der Waals surface area contributed by atoms with Crippen LogP contribution in [0.3, 0.4) is 0 Å². The molecule has 0 unspecified atom stereocenters. The average molecular weight is 1350 g/mol. The highest BCUT2D eigenvalue weighted by Gasteiger charge is 2.43. The predicted octanol–water partition coefficient (Wildman–Crippen LogP) is 16.1.